The van der Waals surface area contributed by atoms with Gasteiger partial charge in [0.1, 0.15) is 12.4 Å². The molecule has 0 saturated carbocycles. The second-order valence-electron chi connectivity index (χ2n) is 5.24. The highest BCUT2D eigenvalue weighted by atomic mass is 16.5. The molecule has 0 aliphatic heterocycles. The van der Waals surface area contributed by atoms with E-state index >= 15 is 0 Å². The summed E-state index contributed by atoms with van der Waals surface area (Å²) < 4.78 is 16.2. The second kappa shape index (κ2) is 6.02. The normalized spacial score (nSPS) is 11.5. The lowest BCUT2D eigenvalue weighted by Crippen LogP contribution is -2.43. The maximum absolute atomic E-state index is 5.95. The zero-order chi connectivity index (χ0) is 14.6. The van der Waals surface area contributed by atoms with E-state index in [-0.39, 0.29) is 5.54 Å². The van der Waals surface area contributed by atoms with Crippen LogP contribution in [0.15, 0.2) is 12.1 Å². The van der Waals surface area contributed by atoms with Gasteiger partial charge in [-0.25, -0.2) is 0 Å². The number of benzene rings is 1. The number of anilines is 1. The van der Waals surface area contributed by atoms with Crippen molar-refractivity contribution in [1.82, 2.24) is 4.90 Å². The Labute approximate surface area is 115 Å². The molecule has 2 N–H and O–H groups in total. The first-order chi connectivity index (χ1) is 8.81. The Bertz CT molecular complexity index is 431. The Morgan fingerprint density at radius 1 is 1.05 bits per heavy atom. The van der Waals surface area contributed by atoms with E-state index < -0.39 is 0 Å². The molecular formula is C14H24N2O3. The molecule has 19 heavy (non-hydrogen) atoms. The Hall–Kier alpha value is -1.62. The van der Waals surface area contributed by atoms with Gasteiger partial charge in [0.25, 0.3) is 0 Å². The maximum Gasteiger partial charge on any atom is 0.164 e. The summed E-state index contributed by atoms with van der Waals surface area (Å²) >= 11 is 0. The second-order valence-corrected chi connectivity index (χ2v) is 5.24. The van der Waals surface area contributed by atoms with Crippen LogP contribution in [0.25, 0.3) is 0 Å². The van der Waals surface area contributed by atoms with E-state index in [1.807, 2.05) is 14.1 Å². The lowest BCUT2D eigenvalue weighted by molar-refractivity contribution is 0.114. The van der Waals surface area contributed by atoms with Crippen LogP contribution in [0.1, 0.15) is 13.8 Å². The number of rotatable bonds is 6. The number of hydrogen-bond donors (Lipinski definition) is 1. The molecule has 0 atom stereocenters. The smallest absolute Gasteiger partial charge is 0.164 e. The van der Waals surface area contributed by atoms with Crippen molar-refractivity contribution < 1.29 is 14.2 Å². The van der Waals surface area contributed by atoms with E-state index in [1.165, 1.54) is 0 Å². The lowest BCUT2D eigenvalue weighted by Gasteiger charge is -2.32. The summed E-state index contributed by atoms with van der Waals surface area (Å²) in [5.41, 5.74) is 6.40. The van der Waals surface area contributed by atoms with Crippen molar-refractivity contribution in [1.29, 1.82) is 0 Å². The van der Waals surface area contributed by atoms with Crippen molar-refractivity contribution in [2.75, 3.05) is 40.7 Å². The SMILES string of the molecule is COc1cc(N)c(OCC(C)(C)N(C)C)cc1OC. The van der Waals surface area contributed by atoms with Crippen LogP contribution < -0.4 is 19.9 Å². The van der Waals surface area contributed by atoms with Gasteiger partial charge in [-0.3, -0.25) is 0 Å². The first-order valence-corrected chi connectivity index (χ1v) is 6.13. The van der Waals surface area contributed by atoms with E-state index in [2.05, 4.69) is 18.7 Å². The average Bonchev–Trinajstić information content (AvgIpc) is 2.36. The number of ether oxygens (including phenoxy) is 3. The van der Waals surface area contributed by atoms with Crippen LogP contribution in [-0.2, 0) is 0 Å². The van der Waals surface area contributed by atoms with Gasteiger partial charge in [0.05, 0.1) is 19.9 Å². The van der Waals surface area contributed by atoms with Crippen LogP contribution in [0.4, 0.5) is 5.69 Å². The molecule has 1 aromatic carbocycles. The van der Waals surface area contributed by atoms with Crippen LogP contribution in [0.2, 0.25) is 0 Å². The molecule has 1 rings (SSSR count). The summed E-state index contributed by atoms with van der Waals surface area (Å²) in [6.45, 7) is 4.73. The number of methoxy groups -OCH3 is 2. The van der Waals surface area contributed by atoms with Crippen molar-refractivity contribution in [3.63, 3.8) is 0 Å². The maximum atomic E-state index is 5.95. The Morgan fingerprint density at radius 3 is 2.05 bits per heavy atom. The van der Waals surface area contributed by atoms with E-state index in [1.54, 1.807) is 26.4 Å². The molecule has 1 aromatic rings. The molecule has 108 valence electrons. The zero-order valence-electron chi connectivity index (χ0n) is 12.6. The van der Waals surface area contributed by atoms with Crippen LogP contribution in [0.5, 0.6) is 17.2 Å². The Morgan fingerprint density at radius 2 is 1.58 bits per heavy atom. The largest absolute Gasteiger partial charge is 0.493 e. The zero-order valence-corrected chi connectivity index (χ0v) is 12.6. The van der Waals surface area contributed by atoms with Crippen LogP contribution in [0, 0.1) is 0 Å². The topological polar surface area (TPSA) is 57.0 Å². The summed E-state index contributed by atoms with van der Waals surface area (Å²) in [5, 5.41) is 0. The van der Waals surface area contributed by atoms with E-state index in [4.69, 9.17) is 19.9 Å². The minimum Gasteiger partial charge on any atom is -0.493 e. The molecule has 0 spiro atoms. The van der Waals surface area contributed by atoms with Gasteiger partial charge < -0.3 is 24.8 Å². The summed E-state index contributed by atoms with van der Waals surface area (Å²) in [6.07, 6.45) is 0. The molecule has 0 unspecified atom stereocenters. The third-order valence-electron chi connectivity index (χ3n) is 3.31. The molecule has 5 heteroatoms. The number of nitrogen functional groups attached to an aromatic ring is 1. The molecule has 5 nitrogen and oxygen atoms in total. The molecule has 0 aliphatic rings. The van der Waals surface area contributed by atoms with Gasteiger partial charge in [-0.1, -0.05) is 0 Å². The molecule has 0 saturated heterocycles. The van der Waals surface area contributed by atoms with Gasteiger partial charge in [0, 0.05) is 17.7 Å². The minimum absolute atomic E-state index is 0.0837. The molecular weight excluding hydrogens is 244 g/mol. The summed E-state index contributed by atoms with van der Waals surface area (Å²) in [6, 6.07) is 3.46. The van der Waals surface area contributed by atoms with Gasteiger partial charge in [0.2, 0.25) is 0 Å². The van der Waals surface area contributed by atoms with E-state index in [9.17, 15) is 0 Å². The predicted octanol–water partition coefficient (Wildman–Crippen LogP) is 2.00. The number of hydrogen-bond acceptors (Lipinski definition) is 5. The Balaban J connectivity index is 2.90. The lowest BCUT2D eigenvalue weighted by atomic mass is 10.1. The highest BCUT2D eigenvalue weighted by Gasteiger charge is 2.22. The highest BCUT2D eigenvalue weighted by molar-refractivity contribution is 5.61. The van der Waals surface area contributed by atoms with Crippen molar-refractivity contribution in [3.05, 3.63) is 12.1 Å². The molecule has 0 bridgehead atoms. The standard InChI is InChI=1S/C14H24N2O3/c1-14(2,16(3)4)9-19-11-8-13(18-6)12(17-5)7-10(11)15/h7-8H,9,15H2,1-6H3. The predicted molar refractivity (Wildman–Crippen MR) is 77.2 cm³/mol. The van der Waals surface area contributed by atoms with Crippen molar-refractivity contribution in [2.45, 2.75) is 19.4 Å². The van der Waals surface area contributed by atoms with E-state index in [0.29, 0.717) is 29.5 Å². The van der Waals surface area contributed by atoms with Crippen LogP contribution in [-0.4, -0.2) is 45.4 Å². The molecule has 0 heterocycles. The fraction of sp³-hybridized carbons (Fsp3) is 0.571. The summed E-state index contributed by atoms with van der Waals surface area (Å²) in [7, 11) is 7.19. The van der Waals surface area contributed by atoms with Crippen LogP contribution in [0.3, 0.4) is 0 Å². The minimum atomic E-state index is -0.0837. The number of nitrogens with two attached hydrogens (primary N) is 1. The summed E-state index contributed by atoms with van der Waals surface area (Å²) in [5.74, 6) is 1.81. The fourth-order valence-corrected chi connectivity index (χ4v) is 1.38. The first kappa shape index (κ1) is 15.4. The fourth-order valence-electron chi connectivity index (χ4n) is 1.38. The van der Waals surface area contributed by atoms with Crippen LogP contribution >= 0.6 is 0 Å². The van der Waals surface area contributed by atoms with Crippen molar-refractivity contribution in [2.24, 2.45) is 0 Å². The first-order valence-electron chi connectivity index (χ1n) is 6.13. The van der Waals surface area contributed by atoms with Gasteiger partial charge >= 0.3 is 0 Å². The third-order valence-corrected chi connectivity index (χ3v) is 3.31. The molecule has 0 fully saturated rings. The highest BCUT2D eigenvalue weighted by Crippen LogP contribution is 2.36. The van der Waals surface area contributed by atoms with Gasteiger partial charge in [-0.15, -0.1) is 0 Å². The molecule has 0 amide bonds. The third kappa shape index (κ3) is 3.67. The van der Waals surface area contributed by atoms with E-state index in [0.717, 1.165) is 0 Å². The molecule has 0 aliphatic carbocycles. The van der Waals surface area contributed by atoms with Gasteiger partial charge in [-0.2, -0.15) is 0 Å². The number of nitrogens with zero attached hydrogens (tertiary/aromatic N) is 1. The average molecular weight is 268 g/mol. The van der Waals surface area contributed by atoms with Gasteiger partial charge in [-0.05, 0) is 27.9 Å². The van der Waals surface area contributed by atoms with Gasteiger partial charge in [0.15, 0.2) is 11.5 Å². The monoisotopic (exact) mass is 268 g/mol. The Kier molecular flexibility index (Phi) is 4.89. The summed E-state index contributed by atoms with van der Waals surface area (Å²) in [4.78, 5) is 2.10. The quantitative estimate of drug-likeness (QED) is 0.800. The molecule has 0 aromatic heterocycles. The van der Waals surface area contributed by atoms with Crippen molar-refractivity contribution in [3.8, 4) is 17.2 Å². The van der Waals surface area contributed by atoms with Crippen molar-refractivity contribution >= 4 is 5.69 Å². The number of likely N-dealkylation sites (N-methyl/N-ethyl adjacent to an activating group) is 1. The molecule has 0 radical (unpaired) electrons.